The summed E-state index contributed by atoms with van der Waals surface area (Å²) in [6, 6.07) is 22.6. The molecule has 0 saturated carbocycles. The molecular formula is C40H41N7O2. The monoisotopic (exact) mass is 651 g/mol. The number of benzene rings is 3. The summed E-state index contributed by atoms with van der Waals surface area (Å²) in [7, 11) is 0. The van der Waals surface area contributed by atoms with Crippen LogP contribution in [0.5, 0.6) is 0 Å². The minimum Gasteiger partial charge on any atom is -0.435 e. The fourth-order valence-electron chi connectivity index (χ4n) is 6.81. The molecule has 6 aromatic rings. The predicted octanol–water partition coefficient (Wildman–Crippen LogP) is 7.65. The molecule has 3 aromatic heterocycles. The number of anilines is 2. The second-order valence-corrected chi connectivity index (χ2v) is 13.4. The fourth-order valence-corrected chi connectivity index (χ4v) is 6.81. The molecule has 3 N–H and O–H groups in total. The molecule has 1 aliphatic heterocycles. The van der Waals surface area contributed by atoms with Gasteiger partial charge in [-0.05, 0) is 109 Å². The maximum Gasteiger partial charge on any atom is 0.227 e. The van der Waals surface area contributed by atoms with Crippen LogP contribution in [0, 0.1) is 31.1 Å². The number of aliphatic hydroxyl groups excluding tert-OH is 1. The standard InChI is InChI=1S/C40H41N7O2/c1-24-12-14-47(21-24)22-29-16-30-11-13-42-39(37(30)44-20-29)45-35-10-6-8-33(27(35)4)32-7-5-9-34(26(32)3)40-46-36-17-28(19-43-25(2)23-48)15-31(18-41)38(36)49-40/h5-11,13,15-17,20,24-25,43,48H,12,14,19,21-23H2,1-4H3,(H,42,45)/t24-,25+/m1/s1. The van der Waals surface area contributed by atoms with Gasteiger partial charge in [-0.2, -0.15) is 5.26 Å². The number of hydrogen-bond donors (Lipinski definition) is 3. The van der Waals surface area contributed by atoms with Crippen molar-refractivity contribution in [2.75, 3.05) is 25.0 Å². The van der Waals surface area contributed by atoms with E-state index in [1.165, 1.54) is 12.0 Å². The Hall–Kier alpha value is -5.14. The zero-order valence-electron chi connectivity index (χ0n) is 28.4. The van der Waals surface area contributed by atoms with Crippen LogP contribution in [0.25, 0.3) is 44.6 Å². The van der Waals surface area contributed by atoms with E-state index >= 15 is 0 Å². The molecule has 1 fully saturated rings. The van der Waals surface area contributed by atoms with E-state index in [4.69, 9.17) is 14.4 Å². The van der Waals surface area contributed by atoms with Crippen molar-refractivity contribution in [3.63, 3.8) is 0 Å². The topological polar surface area (TPSA) is 123 Å². The number of likely N-dealkylation sites (tertiary alicyclic amines) is 1. The fraction of sp³-hybridized carbons (Fsp3) is 0.300. The Labute approximate surface area is 286 Å². The van der Waals surface area contributed by atoms with E-state index in [1.807, 2.05) is 49.6 Å². The van der Waals surface area contributed by atoms with Gasteiger partial charge in [-0.3, -0.25) is 9.88 Å². The van der Waals surface area contributed by atoms with Crippen LogP contribution < -0.4 is 10.6 Å². The van der Waals surface area contributed by atoms with Crippen molar-refractivity contribution >= 4 is 33.5 Å². The first-order valence-electron chi connectivity index (χ1n) is 16.9. The second kappa shape index (κ2) is 13.8. The summed E-state index contributed by atoms with van der Waals surface area (Å²) in [5.41, 5.74) is 10.6. The Balaban J connectivity index is 1.18. The van der Waals surface area contributed by atoms with E-state index in [2.05, 4.69) is 77.7 Å². The Morgan fingerprint density at radius 1 is 1.02 bits per heavy atom. The molecule has 0 spiro atoms. The van der Waals surface area contributed by atoms with Crippen LogP contribution in [-0.4, -0.2) is 50.7 Å². The largest absolute Gasteiger partial charge is 0.435 e. The molecule has 3 aromatic carbocycles. The first-order valence-corrected chi connectivity index (χ1v) is 16.9. The smallest absolute Gasteiger partial charge is 0.227 e. The zero-order chi connectivity index (χ0) is 34.1. The summed E-state index contributed by atoms with van der Waals surface area (Å²) in [4.78, 5) is 16.9. The van der Waals surface area contributed by atoms with Gasteiger partial charge in [-0.25, -0.2) is 9.97 Å². The predicted molar refractivity (Wildman–Crippen MR) is 194 cm³/mol. The molecule has 0 amide bonds. The first kappa shape index (κ1) is 32.4. The Morgan fingerprint density at radius 2 is 1.82 bits per heavy atom. The number of aromatic nitrogens is 3. The van der Waals surface area contributed by atoms with Gasteiger partial charge in [0.2, 0.25) is 5.89 Å². The van der Waals surface area contributed by atoms with Crippen LogP contribution in [0.1, 0.15) is 48.1 Å². The minimum absolute atomic E-state index is 0.0338. The van der Waals surface area contributed by atoms with Crippen LogP contribution in [0.3, 0.4) is 0 Å². The van der Waals surface area contributed by atoms with Crippen molar-refractivity contribution in [3.8, 4) is 28.7 Å². The Morgan fingerprint density at radius 3 is 2.59 bits per heavy atom. The van der Waals surface area contributed by atoms with Gasteiger partial charge in [0.25, 0.3) is 0 Å². The van der Waals surface area contributed by atoms with Gasteiger partial charge in [0.1, 0.15) is 17.1 Å². The summed E-state index contributed by atoms with van der Waals surface area (Å²) in [6.07, 6.45) is 5.08. The third kappa shape index (κ3) is 6.63. The molecule has 1 saturated heterocycles. The average molecular weight is 652 g/mol. The number of oxazole rings is 1. The summed E-state index contributed by atoms with van der Waals surface area (Å²) >= 11 is 0. The number of aliphatic hydroxyl groups is 1. The molecular weight excluding hydrogens is 610 g/mol. The van der Waals surface area contributed by atoms with Crippen molar-refractivity contribution in [2.24, 2.45) is 5.92 Å². The lowest BCUT2D eigenvalue weighted by atomic mass is 9.93. The number of fused-ring (bicyclic) bond motifs is 2. The minimum atomic E-state index is -0.0570. The Bertz CT molecular complexity index is 2200. The molecule has 0 aliphatic carbocycles. The Kier molecular flexibility index (Phi) is 9.11. The summed E-state index contributed by atoms with van der Waals surface area (Å²) in [5, 5.41) is 27.2. The molecule has 7 rings (SSSR count). The van der Waals surface area contributed by atoms with Gasteiger partial charge in [0.05, 0.1) is 12.2 Å². The lowest BCUT2D eigenvalue weighted by molar-refractivity contribution is 0.251. The quantitative estimate of drug-likeness (QED) is 0.137. The lowest BCUT2D eigenvalue weighted by Crippen LogP contribution is -2.28. The van der Waals surface area contributed by atoms with Crippen LogP contribution in [0.15, 0.2) is 77.5 Å². The van der Waals surface area contributed by atoms with Crippen molar-refractivity contribution in [1.29, 1.82) is 5.26 Å². The van der Waals surface area contributed by atoms with Gasteiger partial charge in [0.15, 0.2) is 11.4 Å². The molecule has 4 heterocycles. The molecule has 2 atom stereocenters. The third-order valence-electron chi connectivity index (χ3n) is 9.61. The van der Waals surface area contributed by atoms with Crippen molar-refractivity contribution in [3.05, 3.63) is 101 Å². The molecule has 0 bridgehead atoms. The van der Waals surface area contributed by atoms with E-state index in [1.54, 1.807) is 0 Å². The van der Waals surface area contributed by atoms with E-state index in [-0.39, 0.29) is 12.6 Å². The second-order valence-electron chi connectivity index (χ2n) is 13.4. The van der Waals surface area contributed by atoms with Crippen LogP contribution in [0.4, 0.5) is 11.5 Å². The van der Waals surface area contributed by atoms with E-state index in [9.17, 15) is 10.4 Å². The molecule has 9 heteroatoms. The number of nitriles is 1. The summed E-state index contributed by atoms with van der Waals surface area (Å²) < 4.78 is 6.25. The molecule has 1 aliphatic rings. The lowest BCUT2D eigenvalue weighted by Gasteiger charge is -2.17. The van der Waals surface area contributed by atoms with Crippen molar-refractivity contribution in [1.82, 2.24) is 25.2 Å². The highest BCUT2D eigenvalue weighted by atomic mass is 16.3. The number of rotatable bonds is 10. The van der Waals surface area contributed by atoms with Crippen molar-refractivity contribution < 1.29 is 9.52 Å². The number of nitrogens with one attached hydrogen (secondary N) is 2. The number of pyridine rings is 2. The highest BCUT2D eigenvalue weighted by Gasteiger charge is 2.20. The maximum absolute atomic E-state index is 9.89. The van der Waals surface area contributed by atoms with Crippen molar-refractivity contribution in [2.45, 2.75) is 53.2 Å². The number of hydrogen-bond acceptors (Lipinski definition) is 9. The first-order chi connectivity index (χ1) is 23.8. The van der Waals surface area contributed by atoms with Gasteiger partial charge < -0.3 is 20.2 Å². The van der Waals surface area contributed by atoms with Gasteiger partial charge in [-0.15, -0.1) is 0 Å². The molecule has 0 unspecified atom stereocenters. The third-order valence-corrected chi connectivity index (χ3v) is 9.61. The molecule has 248 valence electrons. The molecule has 49 heavy (non-hydrogen) atoms. The van der Waals surface area contributed by atoms with Crippen LogP contribution >= 0.6 is 0 Å². The van der Waals surface area contributed by atoms with E-state index < -0.39 is 0 Å². The zero-order valence-corrected chi connectivity index (χ0v) is 28.4. The van der Waals surface area contributed by atoms with E-state index in [0.717, 1.165) is 81.3 Å². The molecule has 9 nitrogen and oxygen atoms in total. The van der Waals surface area contributed by atoms with Gasteiger partial charge >= 0.3 is 0 Å². The highest BCUT2D eigenvalue weighted by molar-refractivity contribution is 5.91. The van der Waals surface area contributed by atoms with Crippen LogP contribution in [-0.2, 0) is 13.1 Å². The van der Waals surface area contributed by atoms with Gasteiger partial charge in [0, 0.05) is 54.7 Å². The number of nitrogens with zero attached hydrogens (tertiary/aromatic N) is 5. The summed E-state index contributed by atoms with van der Waals surface area (Å²) in [5.74, 6) is 1.95. The molecule has 0 radical (unpaired) electrons. The average Bonchev–Trinajstić information content (AvgIpc) is 3.73. The van der Waals surface area contributed by atoms with Gasteiger partial charge in [-0.1, -0.05) is 31.2 Å². The highest BCUT2D eigenvalue weighted by Crippen LogP contribution is 2.37. The summed E-state index contributed by atoms with van der Waals surface area (Å²) in [6.45, 7) is 12.2. The van der Waals surface area contributed by atoms with E-state index in [0.29, 0.717) is 29.1 Å². The SMILES string of the molecule is Cc1c(Nc2nccc3cc(CN4CC[C@@H](C)C4)cnc23)cccc1-c1cccc(-c2nc3cc(CN[C@@H](C)CO)cc(C#N)c3o2)c1C. The normalized spacial score (nSPS) is 15.6. The van der Waals surface area contributed by atoms with Crippen LogP contribution in [0.2, 0.25) is 0 Å². The maximum atomic E-state index is 9.89.